The molecule has 1 heterocycles. The monoisotopic (exact) mass is 387 g/mol. The Hall–Kier alpha value is -0.950. The molecule has 0 spiro atoms. The molecule has 0 saturated carbocycles. The van der Waals surface area contributed by atoms with E-state index in [9.17, 15) is 4.39 Å². The average molecular weight is 387 g/mol. The van der Waals surface area contributed by atoms with Crippen molar-refractivity contribution in [2.75, 3.05) is 6.54 Å². The van der Waals surface area contributed by atoms with Crippen LogP contribution in [0.25, 0.3) is 0 Å². The standard InChI is InChI=1S/C15H19FIN3/c1-3-18-14(10-15-19-7-8-20(15)4-2)12-6-5-11(16)9-13(12)17/h5-9,14,18H,3-4,10H2,1-2H3. The number of aromatic nitrogens is 2. The van der Waals surface area contributed by atoms with Gasteiger partial charge in [-0.2, -0.15) is 0 Å². The number of nitrogens with zero attached hydrogens (tertiary/aromatic N) is 2. The van der Waals surface area contributed by atoms with Crippen LogP contribution in [0.2, 0.25) is 0 Å². The van der Waals surface area contributed by atoms with Gasteiger partial charge in [0.2, 0.25) is 0 Å². The number of hydrogen-bond acceptors (Lipinski definition) is 2. The number of rotatable bonds is 6. The molecule has 2 rings (SSSR count). The van der Waals surface area contributed by atoms with Crippen LogP contribution >= 0.6 is 22.6 Å². The molecule has 1 aromatic carbocycles. The molecule has 3 nitrogen and oxygen atoms in total. The maximum absolute atomic E-state index is 13.3. The first-order valence-electron chi connectivity index (χ1n) is 6.84. The molecule has 1 N–H and O–H groups in total. The van der Waals surface area contributed by atoms with Crippen molar-refractivity contribution in [2.24, 2.45) is 0 Å². The summed E-state index contributed by atoms with van der Waals surface area (Å²) in [6, 6.07) is 5.12. The summed E-state index contributed by atoms with van der Waals surface area (Å²) in [6.07, 6.45) is 4.63. The lowest BCUT2D eigenvalue weighted by molar-refractivity contribution is 0.518. The lowest BCUT2D eigenvalue weighted by Crippen LogP contribution is -2.25. The molecule has 108 valence electrons. The first-order valence-corrected chi connectivity index (χ1v) is 7.91. The fraction of sp³-hybridized carbons (Fsp3) is 0.400. The second kappa shape index (κ2) is 7.17. The highest BCUT2D eigenvalue weighted by atomic mass is 127. The molecular weight excluding hydrogens is 368 g/mol. The van der Waals surface area contributed by atoms with Crippen molar-refractivity contribution < 1.29 is 4.39 Å². The van der Waals surface area contributed by atoms with E-state index in [0.29, 0.717) is 0 Å². The highest BCUT2D eigenvalue weighted by molar-refractivity contribution is 14.1. The third kappa shape index (κ3) is 3.58. The van der Waals surface area contributed by atoms with Gasteiger partial charge in [-0.1, -0.05) is 13.0 Å². The van der Waals surface area contributed by atoms with Gasteiger partial charge in [-0.3, -0.25) is 0 Å². The van der Waals surface area contributed by atoms with Crippen LogP contribution in [0.1, 0.15) is 31.3 Å². The number of nitrogens with one attached hydrogen (secondary N) is 1. The van der Waals surface area contributed by atoms with E-state index in [4.69, 9.17) is 0 Å². The van der Waals surface area contributed by atoms with Gasteiger partial charge >= 0.3 is 0 Å². The van der Waals surface area contributed by atoms with Gasteiger partial charge in [0.05, 0.1) is 0 Å². The molecule has 0 aliphatic carbocycles. The Labute approximate surface area is 132 Å². The summed E-state index contributed by atoms with van der Waals surface area (Å²) in [5, 5.41) is 3.47. The number of likely N-dealkylation sites (N-methyl/N-ethyl adjacent to an activating group) is 1. The Kier molecular flexibility index (Phi) is 5.54. The molecule has 2 aromatic rings. The molecule has 5 heteroatoms. The Bertz CT molecular complexity index is 568. The molecule has 0 saturated heterocycles. The minimum atomic E-state index is -0.191. The topological polar surface area (TPSA) is 29.9 Å². The molecule has 0 aliphatic rings. The van der Waals surface area contributed by atoms with Crippen molar-refractivity contribution in [3.05, 3.63) is 51.4 Å². The summed E-state index contributed by atoms with van der Waals surface area (Å²) in [6.45, 7) is 5.96. The van der Waals surface area contributed by atoms with Crippen LogP contribution in [0.5, 0.6) is 0 Å². The van der Waals surface area contributed by atoms with E-state index in [-0.39, 0.29) is 11.9 Å². The molecule has 20 heavy (non-hydrogen) atoms. The van der Waals surface area contributed by atoms with Crippen LogP contribution in [0.15, 0.2) is 30.6 Å². The average Bonchev–Trinajstić information content (AvgIpc) is 2.85. The van der Waals surface area contributed by atoms with Crippen molar-refractivity contribution in [3.8, 4) is 0 Å². The minimum Gasteiger partial charge on any atom is -0.335 e. The smallest absolute Gasteiger partial charge is 0.124 e. The number of halogens is 2. The number of benzene rings is 1. The third-order valence-corrected chi connectivity index (χ3v) is 4.25. The Balaban J connectivity index is 2.27. The highest BCUT2D eigenvalue weighted by Gasteiger charge is 2.17. The molecule has 0 fully saturated rings. The zero-order valence-corrected chi connectivity index (χ0v) is 13.9. The Morgan fingerprint density at radius 1 is 1.40 bits per heavy atom. The van der Waals surface area contributed by atoms with Crippen LogP contribution in [-0.4, -0.2) is 16.1 Å². The van der Waals surface area contributed by atoms with Crippen LogP contribution < -0.4 is 5.32 Å². The fourth-order valence-corrected chi connectivity index (χ4v) is 3.18. The molecule has 0 aliphatic heterocycles. The first kappa shape index (κ1) is 15.4. The summed E-state index contributed by atoms with van der Waals surface area (Å²) < 4.78 is 16.3. The summed E-state index contributed by atoms with van der Waals surface area (Å²) in [7, 11) is 0. The first-order chi connectivity index (χ1) is 9.65. The number of hydrogen-bond donors (Lipinski definition) is 1. The van der Waals surface area contributed by atoms with Crippen LogP contribution in [0, 0.1) is 9.39 Å². The lowest BCUT2D eigenvalue weighted by Gasteiger charge is -2.20. The predicted molar refractivity (Wildman–Crippen MR) is 87.1 cm³/mol. The van der Waals surface area contributed by atoms with Crippen molar-refractivity contribution in [2.45, 2.75) is 32.9 Å². The lowest BCUT2D eigenvalue weighted by atomic mass is 10.0. The molecule has 0 radical (unpaired) electrons. The second-order valence-electron chi connectivity index (χ2n) is 4.61. The normalized spacial score (nSPS) is 12.6. The van der Waals surface area contributed by atoms with E-state index in [1.165, 1.54) is 6.07 Å². The maximum atomic E-state index is 13.3. The summed E-state index contributed by atoms with van der Waals surface area (Å²) >= 11 is 2.19. The Morgan fingerprint density at radius 2 is 2.20 bits per heavy atom. The van der Waals surface area contributed by atoms with E-state index >= 15 is 0 Å². The maximum Gasteiger partial charge on any atom is 0.124 e. The quantitative estimate of drug-likeness (QED) is 0.769. The summed E-state index contributed by atoms with van der Waals surface area (Å²) in [5.74, 6) is 0.863. The number of imidazole rings is 1. The van der Waals surface area contributed by atoms with E-state index in [1.807, 2.05) is 18.5 Å². The van der Waals surface area contributed by atoms with Crippen LogP contribution in [0.4, 0.5) is 4.39 Å². The van der Waals surface area contributed by atoms with Crippen molar-refractivity contribution in [1.29, 1.82) is 0 Å². The van der Waals surface area contributed by atoms with Crippen molar-refractivity contribution >= 4 is 22.6 Å². The summed E-state index contributed by atoms with van der Waals surface area (Å²) in [4.78, 5) is 4.43. The van der Waals surface area contributed by atoms with Crippen LogP contribution in [0.3, 0.4) is 0 Å². The Morgan fingerprint density at radius 3 is 2.85 bits per heavy atom. The van der Waals surface area contributed by atoms with E-state index < -0.39 is 0 Å². The van der Waals surface area contributed by atoms with Crippen LogP contribution in [-0.2, 0) is 13.0 Å². The number of aryl methyl sites for hydroxylation is 1. The SMILES string of the molecule is CCNC(Cc1nccn1CC)c1ccc(F)cc1I. The largest absolute Gasteiger partial charge is 0.335 e. The highest BCUT2D eigenvalue weighted by Crippen LogP contribution is 2.24. The molecule has 1 atom stereocenters. The van der Waals surface area contributed by atoms with Gasteiger partial charge in [0, 0.05) is 35.0 Å². The summed E-state index contributed by atoms with van der Waals surface area (Å²) in [5.41, 5.74) is 1.12. The van der Waals surface area contributed by atoms with Gasteiger partial charge in [-0.05, 0) is 53.8 Å². The predicted octanol–water partition coefficient (Wildman–Crippen LogP) is 3.54. The van der Waals surface area contributed by atoms with Gasteiger partial charge in [0.25, 0.3) is 0 Å². The molecule has 0 bridgehead atoms. The van der Waals surface area contributed by atoms with E-state index in [0.717, 1.165) is 34.5 Å². The van der Waals surface area contributed by atoms with Gasteiger partial charge in [0.15, 0.2) is 0 Å². The van der Waals surface area contributed by atoms with Gasteiger partial charge < -0.3 is 9.88 Å². The molecule has 0 amide bonds. The molecule has 1 aromatic heterocycles. The van der Waals surface area contributed by atoms with E-state index in [1.54, 1.807) is 6.07 Å². The van der Waals surface area contributed by atoms with Crippen molar-refractivity contribution in [1.82, 2.24) is 14.9 Å². The third-order valence-electron chi connectivity index (χ3n) is 3.32. The molecular formula is C15H19FIN3. The fourth-order valence-electron chi connectivity index (χ4n) is 2.32. The molecule has 1 unspecified atom stereocenters. The zero-order valence-electron chi connectivity index (χ0n) is 11.7. The van der Waals surface area contributed by atoms with E-state index in [2.05, 4.69) is 51.3 Å². The minimum absolute atomic E-state index is 0.153. The van der Waals surface area contributed by atoms with Gasteiger partial charge in [0.1, 0.15) is 11.6 Å². The van der Waals surface area contributed by atoms with Gasteiger partial charge in [-0.25, -0.2) is 9.37 Å². The zero-order chi connectivity index (χ0) is 14.5. The second-order valence-corrected chi connectivity index (χ2v) is 5.77. The van der Waals surface area contributed by atoms with Gasteiger partial charge in [-0.15, -0.1) is 0 Å². The van der Waals surface area contributed by atoms with Crippen molar-refractivity contribution in [3.63, 3.8) is 0 Å².